The van der Waals surface area contributed by atoms with Crippen molar-refractivity contribution in [3.05, 3.63) is 29.3 Å². The normalized spacial score (nSPS) is 15.9. The fourth-order valence-corrected chi connectivity index (χ4v) is 3.41. The second kappa shape index (κ2) is 4.07. The first kappa shape index (κ1) is 10.1. The Morgan fingerprint density at radius 3 is 3.19 bits per heavy atom. The van der Waals surface area contributed by atoms with Crippen molar-refractivity contribution in [2.45, 2.75) is 0 Å². The first-order valence-corrected chi connectivity index (χ1v) is 7.08. The monoisotopic (exact) mass is 250 g/mol. The Hall–Kier alpha value is -1.07. The molecule has 0 saturated carbocycles. The second-order valence-corrected chi connectivity index (χ2v) is 5.60. The van der Waals surface area contributed by atoms with Crippen molar-refractivity contribution in [2.75, 3.05) is 18.2 Å². The van der Waals surface area contributed by atoms with E-state index < -0.39 is 0 Å². The van der Waals surface area contributed by atoms with E-state index in [0.29, 0.717) is 0 Å². The standard InChI is InChI=1S/C11H10N2OS2/c14-11(13-3-4-15-7-13)8-1-2-9-10(5-8)16-6-12-9/h1-2,5-6H,3-4,7H2. The summed E-state index contributed by atoms with van der Waals surface area (Å²) < 4.78 is 1.08. The number of aromatic nitrogens is 1. The lowest BCUT2D eigenvalue weighted by Gasteiger charge is -2.13. The van der Waals surface area contributed by atoms with Crippen molar-refractivity contribution in [1.29, 1.82) is 0 Å². The molecule has 1 aliphatic heterocycles. The number of carbonyl (C=O) groups is 1. The number of benzene rings is 1. The highest BCUT2D eigenvalue weighted by Gasteiger charge is 2.19. The van der Waals surface area contributed by atoms with Crippen molar-refractivity contribution in [3.63, 3.8) is 0 Å². The zero-order chi connectivity index (χ0) is 11.0. The lowest BCUT2D eigenvalue weighted by molar-refractivity contribution is 0.0803. The van der Waals surface area contributed by atoms with Gasteiger partial charge in [-0.3, -0.25) is 4.79 Å². The lowest BCUT2D eigenvalue weighted by Crippen LogP contribution is -2.27. The highest BCUT2D eigenvalue weighted by atomic mass is 32.2. The fourth-order valence-electron chi connectivity index (χ4n) is 1.74. The van der Waals surface area contributed by atoms with Crippen LogP contribution in [-0.4, -0.2) is 34.0 Å². The van der Waals surface area contributed by atoms with Crippen molar-refractivity contribution < 1.29 is 4.79 Å². The van der Waals surface area contributed by atoms with Crippen LogP contribution < -0.4 is 0 Å². The Kier molecular flexibility index (Phi) is 2.57. The summed E-state index contributed by atoms with van der Waals surface area (Å²) in [4.78, 5) is 18.2. The molecule has 16 heavy (non-hydrogen) atoms. The number of fused-ring (bicyclic) bond motifs is 1. The van der Waals surface area contributed by atoms with Crippen LogP contribution in [0.5, 0.6) is 0 Å². The number of hydrogen-bond donors (Lipinski definition) is 0. The first-order chi connectivity index (χ1) is 7.84. The molecule has 0 bridgehead atoms. The Labute approximate surface area is 101 Å². The van der Waals surface area contributed by atoms with Crippen molar-refractivity contribution in [1.82, 2.24) is 9.88 Å². The van der Waals surface area contributed by atoms with Crippen molar-refractivity contribution in [3.8, 4) is 0 Å². The molecule has 0 aliphatic carbocycles. The van der Waals surface area contributed by atoms with Gasteiger partial charge >= 0.3 is 0 Å². The quantitative estimate of drug-likeness (QED) is 0.779. The van der Waals surface area contributed by atoms with Crippen LogP contribution in [0.4, 0.5) is 0 Å². The summed E-state index contributed by atoms with van der Waals surface area (Å²) in [5.74, 6) is 2.01. The van der Waals surface area contributed by atoms with Crippen molar-refractivity contribution >= 4 is 39.2 Å². The maximum absolute atomic E-state index is 12.1. The molecule has 3 rings (SSSR count). The first-order valence-electron chi connectivity index (χ1n) is 5.05. The average Bonchev–Trinajstić information content (AvgIpc) is 2.98. The smallest absolute Gasteiger partial charge is 0.254 e. The molecule has 0 unspecified atom stereocenters. The molecule has 1 aromatic heterocycles. The van der Waals surface area contributed by atoms with E-state index in [1.165, 1.54) is 0 Å². The summed E-state index contributed by atoms with van der Waals surface area (Å²) in [5.41, 5.74) is 3.56. The topological polar surface area (TPSA) is 33.2 Å². The van der Waals surface area contributed by atoms with Gasteiger partial charge < -0.3 is 4.90 Å². The molecule has 1 amide bonds. The van der Waals surface area contributed by atoms with Gasteiger partial charge in [-0.05, 0) is 18.2 Å². The number of thiazole rings is 1. The van der Waals surface area contributed by atoms with Crippen LogP contribution in [0.2, 0.25) is 0 Å². The van der Waals surface area contributed by atoms with E-state index >= 15 is 0 Å². The van der Waals surface area contributed by atoms with E-state index in [2.05, 4.69) is 4.98 Å². The Bertz CT molecular complexity index is 532. The Morgan fingerprint density at radius 1 is 1.44 bits per heavy atom. The Morgan fingerprint density at radius 2 is 2.38 bits per heavy atom. The molecule has 1 aliphatic rings. The predicted molar refractivity (Wildman–Crippen MR) is 68.0 cm³/mol. The number of rotatable bonds is 1. The predicted octanol–water partition coefficient (Wildman–Crippen LogP) is 2.44. The molecule has 2 heterocycles. The summed E-state index contributed by atoms with van der Waals surface area (Å²) in [6.45, 7) is 0.865. The molecule has 1 saturated heterocycles. The summed E-state index contributed by atoms with van der Waals surface area (Å²) in [5, 5.41) is 0. The van der Waals surface area contributed by atoms with E-state index in [1.54, 1.807) is 23.1 Å². The van der Waals surface area contributed by atoms with E-state index in [4.69, 9.17) is 0 Å². The van der Waals surface area contributed by atoms with Gasteiger partial charge in [0.05, 0.1) is 21.6 Å². The van der Waals surface area contributed by atoms with Gasteiger partial charge in [0.1, 0.15) is 0 Å². The minimum atomic E-state index is 0.139. The number of nitrogens with zero attached hydrogens (tertiary/aromatic N) is 2. The van der Waals surface area contributed by atoms with Crippen molar-refractivity contribution in [2.24, 2.45) is 0 Å². The number of amides is 1. The highest BCUT2D eigenvalue weighted by molar-refractivity contribution is 7.99. The fraction of sp³-hybridized carbons (Fsp3) is 0.273. The van der Waals surface area contributed by atoms with Gasteiger partial charge in [0.2, 0.25) is 0 Å². The van der Waals surface area contributed by atoms with Gasteiger partial charge in [0.15, 0.2) is 0 Å². The third kappa shape index (κ3) is 1.70. The zero-order valence-electron chi connectivity index (χ0n) is 8.55. The molecular formula is C11H10N2OS2. The zero-order valence-corrected chi connectivity index (χ0v) is 10.2. The van der Waals surface area contributed by atoms with Gasteiger partial charge in [-0.1, -0.05) is 0 Å². The molecule has 3 nitrogen and oxygen atoms in total. The number of carbonyl (C=O) groups excluding carboxylic acids is 1. The third-order valence-electron chi connectivity index (χ3n) is 2.62. The second-order valence-electron chi connectivity index (χ2n) is 3.64. The van der Waals surface area contributed by atoms with Gasteiger partial charge in [-0.2, -0.15) is 0 Å². The Balaban J connectivity index is 1.95. The maximum Gasteiger partial charge on any atom is 0.254 e. The summed E-state index contributed by atoms with van der Waals surface area (Å²) in [7, 11) is 0. The highest BCUT2D eigenvalue weighted by Crippen LogP contribution is 2.22. The van der Waals surface area contributed by atoms with E-state index in [-0.39, 0.29) is 5.91 Å². The molecule has 1 fully saturated rings. The molecule has 0 N–H and O–H groups in total. The van der Waals surface area contributed by atoms with Crippen LogP contribution in [0.3, 0.4) is 0 Å². The molecular weight excluding hydrogens is 240 g/mol. The molecule has 0 spiro atoms. The molecule has 0 atom stereocenters. The van der Waals surface area contributed by atoms with E-state index in [0.717, 1.165) is 34.0 Å². The van der Waals surface area contributed by atoms with Crippen LogP contribution in [0.25, 0.3) is 10.2 Å². The van der Waals surface area contributed by atoms with Crippen LogP contribution in [0.1, 0.15) is 10.4 Å². The molecule has 5 heteroatoms. The number of thioether (sulfide) groups is 1. The van der Waals surface area contributed by atoms with Gasteiger partial charge in [-0.25, -0.2) is 4.98 Å². The van der Waals surface area contributed by atoms with E-state index in [1.807, 2.05) is 28.6 Å². The van der Waals surface area contributed by atoms with E-state index in [9.17, 15) is 4.79 Å². The minimum Gasteiger partial charge on any atom is -0.329 e. The summed E-state index contributed by atoms with van der Waals surface area (Å²) >= 11 is 3.38. The van der Waals surface area contributed by atoms with Crippen LogP contribution >= 0.6 is 23.1 Å². The SMILES string of the molecule is O=C(c1ccc2ncsc2c1)N1CCSC1. The van der Waals surface area contributed by atoms with Crippen LogP contribution in [0, 0.1) is 0 Å². The molecule has 2 aromatic rings. The molecule has 1 aromatic carbocycles. The van der Waals surface area contributed by atoms with Gasteiger partial charge in [-0.15, -0.1) is 23.1 Å². The van der Waals surface area contributed by atoms with Gasteiger partial charge in [0, 0.05) is 17.9 Å². The van der Waals surface area contributed by atoms with Gasteiger partial charge in [0.25, 0.3) is 5.91 Å². The van der Waals surface area contributed by atoms with Crippen LogP contribution in [-0.2, 0) is 0 Å². The van der Waals surface area contributed by atoms with Crippen LogP contribution in [0.15, 0.2) is 23.7 Å². The molecule has 0 radical (unpaired) electrons. The summed E-state index contributed by atoms with van der Waals surface area (Å²) in [6, 6.07) is 5.73. The molecule has 82 valence electrons. The third-order valence-corrected chi connectivity index (χ3v) is 4.38. The maximum atomic E-state index is 12.1. The average molecular weight is 250 g/mol. The lowest BCUT2D eigenvalue weighted by atomic mass is 10.2. The number of hydrogen-bond acceptors (Lipinski definition) is 4. The largest absolute Gasteiger partial charge is 0.329 e. The summed E-state index contributed by atoms with van der Waals surface area (Å²) in [6.07, 6.45) is 0. The minimum absolute atomic E-state index is 0.139.